The van der Waals surface area contributed by atoms with Gasteiger partial charge in [0.15, 0.2) is 0 Å². The highest BCUT2D eigenvalue weighted by Crippen LogP contribution is 2.40. The lowest BCUT2D eigenvalue weighted by Gasteiger charge is -2.26. The molecule has 2 aromatic carbocycles. The van der Waals surface area contributed by atoms with Crippen LogP contribution >= 0.6 is 31.9 Å². The first-order chi connectivity index (χ1) is 14.7. The van der Waals surface area contributed by atoms with Gasteiger partial charge < -0.3 is 9.84 Å². The summed E-state index contributed by atoms with van der Waals surface area (Å²) in [6.45, 7) is 3.84. The summed E-state index contributed by atoms with van der Waals surface area (Å²) in [5.41, 5.74) is 3.64. The molecule has 9 heteroatoms. The number of phenolic OH excluding ortho intramolecular Hbond substituents is 1. The first-order valence-corrected chi connectivity index (χ1v) is 11.1. The van der Waals surface area contributed by atoms with Crippen molar-refractivity contribution in [1.29, 1.82) is 0 Å². The third-order valence-electron chi connectivity index (χ3n) is 4.58. The molecule has 0 saturated heterocycles. The monoisotopic (exact) mass is 554 g/mol. The molecular formula is C22H24Br2N2O5. The maximum absolute atomic E-state index is 12.6. The van der Waals surface area contributed by atoms with Gasteiger partial charge in [-0.05, 0) is 65.9 Å². The number of ether oxygens (including phenoxy) is 1. The van der Waals surface area contributed by atoms with Crippen LogP contribution in [0.2, 0.25) is 0 Å². The van der Waals surface area contributed by atoms with Crippen LogP contribution in [0.4, 0.5) is 10.5 Å². The van der Waals surface area contributed by atoms with Crippen LogP contribution in [0.15, 0.2) is 57.5 Å². The van der Waals surface area contributed by atoms with E-state index in [-0.39, 0.29) is 11.7 Å². The van der Waals surface area contributed by atoms with E-state index in [1.54, 1.807) is 30.3 Å². The Bertz CT molecular complexity index is 948. The maximum Gasteiger partial charge on any atom is 0.412 e. The number of phenols is 1. The summed E-state index contributed by atoms with van der Waals surface area (Å²) in [7, 11) is 0. The molecule has 0 aliphatic heterocycles. The number of amides is 2. The Labute approximate surface area is 197 Å². The number of halogens is 2. The van der Waals surface area contributed by atoms with Crippen molar-refractivity contribution in [2.75, 3.05) is 5.32 Å². The summed E-state index contributed by atoms with van der Waals surface area (Å²) in [6, 6.07) is 10.7. The maximum atomic E-state index is 12.6. The summed E-state index contributed by atoms with van der Waals surface area (Å²) in [5, 5.41) is 21.8. The zero-order chi connectivity index (χ0) is 23.0. The van der Waals surface area contributed by atoms with Crippen LogP contribution in [0.25, 0.3) is 0 Å². The van der Waals surface area contributed by atoms with Crippen LogP contribution in [-0.4, -0.2) is 22.3 Å². The smallest absolute Gasteiger partial charge is 0.412 e. The zero-order valence-corrected chi connectivity index (χ0v) is 20.2. The first-order valence-electron chi connectivity index (χ1n) is 9.54. The van der Waals surface area contributed by atoms with Crippen LogP contribution in [-0.2, 0) is 9.53 Å². The molecule has 0 fully saturated rings. The third-order valence-corrected chi connectivity index (χ3v) is 5.64. The average molecular weight is 556 g/mol. The van der Waals surface area contributed by atoms with Crippen LogP contribution < -0.4 is 10.8 Å². The molecular weight excluding hydrogens is 532 g/mol. The molecule has 0 saturated carbocycles. The second-order valence-electron chi connectivity index (χ2n) is 7.08. The fourth-order valence-electron chi connectivity index (χ4n) is 2.93. The molecule has 7 nitrogen and oxygen atoms in total. The first kappa shape index (κ1) is 24.9. The van der Waals surface area contributed by atoms with Crippen molar-refractivity contribution in [3.05, 3.63) is 68.6 Å². The Morgan fingerprint density at radius 2 is 1.87 bits per heavy atom. The summed E-state index contributed by atoms with van der Waals surface area (Å²) >= 11 is 6.72. The molecule has 2 aromatic rings. The largest absolute Gasteiger partial charge is 0.506 e. The van der Waals surface area contributed by atoms with E-state index in [9.17, 15) is 14.7 Å². The van der Waals surface area contributed by atoms with Gasteiger partial charge in [-0.15, -0.1) is 0 Å². The van der Waals surface area contributed by atoms with Gasteiger partial charge in [-0.25, -0.2) is 10.3 Å². The molecule has 0 radical (unpaired) electrons. The third kappa shape index (κ3) is 7.68. The fraction of sp³-hybridized carbons (Fsp3) is 0.273. The lowest BCUT2D eigenvalue weighted by molar-refractivity contribution is -0.124. The van der Waals surface area contributed by atoms with Gasteiger partial charge in [0.25, 0.3) is 5.91 Å². The molecule has 2 amide bonds. The Kier molecular flexibility index (Phi) is 9.54. The zero-order valence-electron chi connectivity index (χ0n) is 17.1. The van der Waals surface area contributed by atoms with Crippen molar-refractivity contribution < 1.29 is 24.6 Å². The summed E-state index contributed by atoms with van der Waals surface area (Å²) in [4.78, 5) is 23.7. The fourth-order valence-corrected chi connectivity index (χ4v) is 4.18. The van der Waals surface area contributed by atoms with E-state index < -0.39 is 18.1 Å². The number of aryl methyl sites for hydroxylation is 1. The highest BCUT2D eigenvalue weighted by molar-refractivity contribution is 9.11. The number of hydrogen-bond acceptors (Lipinski definition) is 5. The quantitative estimate of drug-likeness (QED) is 0.182. The van der Waals surface area contributed by atoms with Gasteiger partial charge >= 0.3 is 6.09 Å². The molecule has 31 heavy (non-hydrogen) atoms. The van der Waals surface area contributed by atoms with E-state index in [1.165, 1.54) is 11.6 Å². The predicted octanol–water partition coefficient (Wildman–Crippen LogP) is 5.99. The normalized spacial score (nSPS) is 12.9. The molecule has 0 aromatic heterocycles. The summed E-state index contributed by atoms with van der Waals surface area (Å²) < 4.78 is 6.91. The standard InChI is InChI=1S/C22H24Br2N2O5/c1-13-7-9-16(10-8-13)25-22(29)31-21(14(2)5-3-4-6-19(27)26-30)17-11-15(23)12-18(24)20(17)28/h4,6-12,14,21,28,30H,3,5H2,1-2H3,(H,25,29)(H,26,27)/b6-4+/t14-,21-/m1/s1. The number of carbonyl (C=O) groups is 2. The van der Waals surface area contributed by atoms with Gasteiger partial charge in [0, 0.05) is 21.8 Å². The van der Waals surface area contributed by atoms with Gasteiger partial charge in [0.05, 0.1) is 4.47 Å². The molecule has 0 spiro atoms. The molecule has 4 N–H and O–H groups in total. The number of allylic oxidation sites excluding steroid dienone is 1. The van der Waals surface area contributed by atoms with Crippen molar-refractivity contribution in [2.45, 2.75) is 32.8 Å². The summed E-state index contributed by atoms with van der Waals surface area (Å²) in [5.74, 6) is -0.831. The second kappa shape index (κ2) is 11.9. The van der Waals surface area contributed by atoms with E-state index >= 15 is 0 Å². The molecule has 166 valence electrons. The topological polar surface area (TPSA) is 108 Å². The lowest BCUT2D eigenvalue weighted by Crippen LogP contribution is -2.22. The highest BCUT2D eigenvalue weighted by atomic mass is 79.9. The Balaban J connectivity index is 2.21. The average Bonchev–Trinajstić information content (AvgIpc) is 2.73. The van der Waals surface area contributed by atoms with Gasteiger partial charge in [0.1, 0.15) is 11.9 Å². The van der Waals surface area contributed by atoms with E-state index in [2.05, 4.69) is 37.2 Å². The number of hydrogen-bond donors (Lipinski definition) is 4. The molecule has 0 bridgehead atoms. The number of nitrogens with one attached hydrogen (secondary N) is 2. The van der Waals surface area contributed by atoms with Crippen molar-refractivity contribution >= 4 is 49.5 Å². The molecule has 0 heterocycles. The number of anilines is 1. The second-order valence-corrected chi connectivity index (χ2v) is 8.85. The van der Waals surface area contributed by atoms with Crippen molar-refractivity contribution in [3.8, 4) is 5.75 Å². The minimum atomic E-state index is -0.751. The van der Waals surface area contributed by atoms with E-state index in [4.69, 9.17) is 9.94 Å². The Morgan fingerprint density at radius 1 is 1.19 bits per heavy atom. The van der Waals surface area contributed by atoms with E-state index in [1.807, 2.05) is 26.0 Å². The molecule has 0 unspecified atom stereocenters. The van der Waals surface area contributed by atoms with Gasteiger partial charge in [-0.1, -0.05) is 46.6 Å². The van der Waals surface area contributed by atoms with E-state index in [0.29, 0.717) is 33.0 Å². The Morgan fingerprint density at radius 3 is 2.52 bits per heavy atom. The van der Waals surface area contributed by atoms with Crippen LogP contribution in [0.1, 0.15) is 37.0 Å². The van der Waals surface area contributed by atoms with Crippen molar-refractivity contribution in [2.24, 2.45) is 5.92 Å². The van der Waals surface area contributed by atoms with Crippen molar-refractivity contribution in [3.63, 3.8) is 0 Å². The molecule has 0 aliphatic carbocycles. The van der Waals surface area contributed by atoms with Crippen molar-refractivity contribution in [1.82, 2.24) is 5.48 Å². The number of rotatable bonds is 8. The molecule has 2 rings (SSSR count). The van der Waals surface area contributed by atoms with Crippen LogP contribution in [0.3, 0.4) is 0 Å². The van der Waals surface area contributed by atoms with Gasteiger partial charge in [0.2, 0.25) is 0 Å². The number of carbonyl (C=O) groups excluding carboxylic acids is 2. The van der Waals surface area contributed by atoms with Crippen LogP contribution in [0, 0.1) is 12.8 Å². The number of benzene rings is 2. The van der Waals surface area contributed by atoms with Gasteiger partial charge in [-0.3, -0.25) is 15.3 Å². The summed E-state index contributed by atoms with van der Waals surface area (Å²) in [6.07, 6.45) is 2.50. The molecule has 0 aliphatic rings. The highest BCUT2D eigenvalue weighted by Gasteiger charge is 2.27. The number of aromatic hydroxyl groups is 1. The number of hydroxylamine groups is 1. The minimum absolute atomic E-state index is 0.0154. The minimum Gasteiger partial charge on any atom is -0.506 e. The van der Waals surface area contributed by atoms with Gasteiger partial charge in [-0.2, -0.15) is 0 Å². The predicted molar refractivity (Wildman–Crippen MR) is 125 cm³/mol. The lowest BCUT2D eigenvalue weighted by atomic mass is 9.92. The molecule has 2 atom stereocenters. The SMILES string of the molecule is Cc1ccc(NC(=O)O[C@@H](c2cc(Br)cc(Br)c2O)[C@H](C)CC/C=C/C(=O)NO)cc1. The van der Waals surface area contributed by atoms with E-state index in [0.717, 1.165) is 5.56 Å². The Hall–Kier alpha value is -2.36. The van der Waals surface area contributed by atoms with Crippen LogP contribution in [0.5, 0.6) is 5.75 Å².